The summed E-state index contributed by atoms with van der Waals surface area (Å²) in [6, 6.07) is 6.16. The molecule has 0 aliphatic heterocycles. The third-order valence-electron chi connectivity index (χ3n) is 3.55. The SMILES string of the molecule is Cc1cccc(C)c1OCCC1CCCC1=O. The summed E-state index contributed by atoms with van der Waals surface area (Å²) in [6.07, 6.45) is 3.75. The minimum atomic E-state index is 0.249. The molecule has 1 atom stereocenters. The van der Waals surface area contributed by atoms with Crippen LogP contribution in [0.3, 0.4) is 0 Å². The molecular weight excluding hydrogens is 212 g/mol. The molecule has 1 aromatic carbocycles. The van der Waals surface area contributed by atoms with Crippen molar-refractivity contribution in [3.63, 3.8) is 0 Å². The Hall–Kier alpha value is -1.31. The van der Waals surface area contributed by atoms with E-state index in [-0.39, 0.29) is 5.92 Å². The molecule has 1 aromatic rings. The van der Waals surface area contributed by atoms with Crippen LogP contribution in [0.1, 0.15) is 36.8 Å². The van der Waals surface area contributed by atoms with E-state index in [0.717, 1.165) is 31.4 Å². The number of ether oxygens (including phenoxy) is 1. The zero-order valence-electron chi connectivity index (χ0n) is 10.7. The molecule has 2 nitrogen and oxygen atoms in total. The molecule has 0 amide bonds. The Morgan fingerprint density at radius 1 is 1.29 bits per heavy atom. The van der Waals surface area contributed by atoms with Gasteiger partial charge in [-0.05, 0) is 44.2 Å². The van der Waals surface area contributed by atoms with E-state index >= 15 is 0 Å². The molecule has 1 saturated carbocycles. The van der Waals surface area contributed by atoms with Crippen molar-refractivity contribution < 1.29 is 9.53 Å². The largest absolute Gasteiger partial charge is 0.493 e. The average Bonchev–Trinajstić information content (AvgIpc) is 2.69. The van der Waals surface area contributed by atoms with E-state index in [1.807, 2.05) is 6.07 Å². The first kappa shape index (κ1) is 12.2. The lowest BCUT2D eigenvalue weighted by Gasteiger charge is -2.13. The van der Waals surface area contributed by atoms with Gasteiger partial charge in [0.15, 0.2) is 0 Å². The Bertz CT molecular complexity index is 389. The molecule has 1 fully saturated rings. The number of carbonyl (C=O) groups is 1. The molecule has 1 unspecified atom stereocenters. The molecule has 0 spiro atoms. The molecule has 0 bridgehead atoms. The van der Waals surface area contributed by atoms with Gasteiger partial charge in [-0.3, -0.25) is 4.79 Å². The normalized spacial score (nSPS) is 19.6. The molecule has 0 aromatic heterocycles. The van der Waals surface area contributed by atoms with E-state index in [9.17, 15) is 4.79 Å². The van der Waals surface area contributed by atoms with Gasteiger partial charge in [0.25, 0.3) is 0 Å². The van der Waals surface area contributed by atoms with Crippen LogP contribution in [0.25, 0.3) is 0 Å². The summed E-state index contributed by atoms with van der Waals surface area (Å²) in [6.45, 7) is 4.77. The second-order valence-corrected chi connectivity index (χ2v) is 4.91. The fraction of sp³-hybridized carbons (Fsp3) is 0.533. The molecule has 17 heavy (non-hydrogen) atoms. The highest BCUT2D eigenvalue weighted by Gasteiger charge is 2.23. The second-order valence-electron chi connectivity index (χ2n) is 4.91. The zero-order valence-corrected chi connectivity index (χ0v) is 10.7. The maximum Gasteiger partial charge on any atom is 0.136 e. The summed E-state index contributed by atoms with van der Waals surface area (Å²) in [5, 5.41) is 0. The molecule has 0 radical (unpaired) electrons. The van der Waals surface area contributed by atoms with Crippen LogP contribution in [0.15, 0.2) is 18.2 Å². The topological polar surface area (TPSA) is 26.3 Å². The van der Waals surface area contributed by atoms with Gasteiger partial charge in [-0.2, -0.15) is 0 Å². The Morgan fingerprint density at radius 3 is 2.59 bits per heavy atom. The lowest BCUT2D eigenvalue weighted by molar-refractivity contribution is -0.121. The van der Waals surface area contributed by atoms with Gasteiger partial charge in [0.2, 0.25) is 0 Å². The Labute approximate surface area is 103 Å². The van der Waals surface area contributed by atoms with E-state index in [0.29, 0.717) is 12.4 Å². The molecule has 1 aliphatic carbocycles. The molecular formula is C15H20O2. The van der Waals surface area contributed by atoms with Gasteiger partial charge in [-0.25, -0.2) is 0 Å². The van der Waals surface area contributed by atoms with E-state index in [2.05, 4.69) is 26.0 Å². The predicted molar refractivity (Wildman–Crippen MR) is 68.4 cm³/mol. The van der Waals surface area contributed by atoms with Gasteiger partial charge < -0.3 is 4.74 Å². The van der Waals surface area contributed by atoms with Crippen molar-refractivity contribution in [2.75, 3.05) is 6.61 Å². The first-order valence-corrected chi connectivity index (χ1v) is 6.40. The number of ketones is 1. The van der Waals surface area contributed by atoms with E-state index in [4.69, 9.17) is 4.74 Å². The van der Waals surface area contributed by atoms with Crippen molar-refractivity contribution in [1.82, 2.24) is 0 Å². The van der Waals surface area contributed by atoms with Gasteiger partial charge in [0.05, 0.1) is 6.61 Å². The summed E-state index contributed by atoms with van der Waals surface area (Å²) in [5.74, 6) is 1.66. The van der Waals surface area contributed by atoms with Crippen LogP contribution in [-0.2, 0) is 4.79 Å². The summed E-state index contributed by atoms with van der Waals surface area (Å²) in [4.78, 5) is 11.5. The third-order valence-corrected chi connectivity index (χ3v) is 3.55. The smallest absolute Gasteiger partial charge is 0.136 e. The Balaban J connectivity index is 1.88. The molecule has 92 valence electrons. The number of carbonyl (C=O) groups excluding carboxylic acids is 1. The summed E-state index contributed by atoms with van der Waals surface area (Å²) in [7, 11) is 0. The van der Waals surface area contributed by atoms with E-state index in [1.165, 1.54) is 11.1 Å². The maximum atomic E-state index is 11.5. The number of Topliss-reactive ketones (excluding diaryl/α,β-unsaturated/α-hetero) is 1. The number of benzene rings is 1. The Kier molecular flexibility index (Phi) is 3.82. The number of hydrogen-bond acceptors (Lipinski definition) is 2. The van der Waals surface area contributed by atoms with Crippen LogP contribution in [0.2, 0.25) is 0 Å². The minimum absolute atomic E-state index is 0.249. The van der Waals surface area contributed by atoms with Crippen LogP contribution < -0.4 is 4.74 Å². The monoisotopic (exact) mass is 232 g/mol. The number of rotatable bonds is 4. The highest BCUT2D eigenvalue weighted by molar-refractivity contribution is 5.82. The number of para-hydroxylation sites is 1. The zero-order chi connectivity index (χ0) is 12.3. The summed E-state index contributed by atoms with van der Waals surface area (Å²) < 4.78 is 5.83. The number of hydrogen-bond donors (Lipinski definition) is 0. The van der Waals surface area contributed by atoms with Gasteiger partial charge in [0.1, 0.15) is 11.5 Å². The third kappa shape index (κ3) is 2.87. The van der Waals surface area contributed by atoms with E-state index < -0.39 is 0 Å². The number of aryl methyl sites for hydroxylation is 2. The lowest BCUT2D eigenvalue weighted by atomic mass is 10.0. The lowest BCUT2D eigenvalue weighted by Crippen LogP contribution is -2.11. The van der Waals surface area contributed by atoms with Gasteiger partial charge in [-0.15, -0.1) is 0 Å². The van der Waals surface area contributed by atoms with Crippen molar-refractivity contribution in [3.05, 3.63) is 29.3 Å². The average molecular weight is 232 g/mol. The van der Waals surface area contributed by atoms with Crippen LogP contribution in [0, 0.1) is 19.8 Å². The van der Waals surface area contributed by atoms with Crippen molar-refractivity contribution in [2.45, 2.75) is 39.5 Å². The van der Waals surface area contributed by atoms with Crippen LogP contribution in [-0.4, -0.2) is 12.4 Å². The molecule has 0 N–H and O–H groups in total. The fourth-order valence-electron chi connectivity index (χ4n) is 2.52. The quantitative estimate of drug-likeness (QED) is 0.795. The highest BCUT2D eigenvalue weighted by Crippen LogP contribution is 2.26. The highest BCUT2D eigenvalue weighted by atomic mass is 16.5. The van der Waals surface area contributed by atoms with Crippen molar-refractivity contribution in [2.24, 2.45) is 5.92 Å². The van der Waals surface area contributed by atoms with Crippen molar-refractivity contribution >= 4 is 5.78 Å². The molecule has 0 heterocycles. The Morgan fingerprint density at radius 2 is 2.00 bits per heavy atom. The van der Waals surface area contributed by atoms with Crippen LogP contribution in [0.4, 0.5) is 0 Å². The molecule has 2 heteroatoms. The standard InChI is InChI=1S/C15H20O2/c1-11-5-3-6-12(2)15(11)17-10-9-13-7-4-8-14(13)16/h3,5-6,13H,4,7-10H2,1-2H3. The predicted octanol–water partition coefficient (Wildman–Crippen LogP) is 3.44. The first-order chi connectivity index (χ1) is 8.18. The second kappa shape index (κ2) is 5.35. The van der Waals surface area contributed by atoms with Gasteiger partial charge in [0, 0.05) is 12.3 Å². The molecule has 0 saturated heterocycles. The van der Waals surface area contributed by atoms with Gasteiger partial charge in [-0.1, -0.05) is 18.2 Å². The maximum absolute atomic E-state index is 11.5. The molecule has 1 aliphatic rings. The molecule has 2 rings (SSSR count). The first-order valence-electron chi connectivity index (χ1n) is 6.40. The van der Waals surface area contributed by atoms with Gasteiger partial charge >= 0.3 is 0 Å². The van der Waals surface area contributed by atoms with Crippen molar-refractivity contribution in [3.8, 4) is 5.75 Å². The minimum Gasteiger partial charge on any atom is -0.493 e. The fourth-order valence-corrected chi connectivity index (χ4v) is 2.52. The van der Waals surface area contributed by atoms with Crippen molar-refractivity contribution in [1.29, 1.82) is 0 Å². The van der Waals surface area contributed by atoms with Crippen LogP contribution >= 0.6 is 0 Å². The van der Waals surface area contributed by atoms with Crippen LogP contribution in [0.5, 0.6) is 5.75 Å². The van der Waals surface area contributed by atoms with E-state index in [1.54, 1.807) is 0 Å². The summed E-state index contributed by atoms with van der Waals surface area (Å²) >= 11 is 0. The summed E-state index contributed by atoms with van der Waals surface area (Å²) in [5.41, 5.74) is 2.34.